The number of halogens is 1. The lowest BCUT2D eigenvalue weighted by Crippen LogP contribution is -2.39. The Balaban J connectivity index is 1.88. The maximum Gasteiger partial charge on any atom is 0.306 e. The molecule has 0 bridgehead atoms. The van der Waals surface area contributed by atoms with Gasteiger partial charge >= 0.3 is 5.97 Å². The largest absolute Gasteiger partial charge is 0.481 e. The summed E-state index contributed by atoms with van der Waals surface area (Å²) in [5, 5.41) is 13.2. The summed E-state index contributed by atoms with van der Waals surface area (Å²) in [5.74, 6) is -1.21. The predicted octanol–water partition coefficient (Wildman–Crippen LogP) is 3.77. The molecule has 5 heteroatoms. The van der Waals surface area contributed by atoms with Crippen LogP contribution in [0.25, 0.3) is 0 Å². The smallest absolute Gasteiger partial charge is 0.306 e. The third-order valence-electron chi connectivity index (χ3n) is 4.30. The number of carbonyl (C=O) groups is 1. The molecule has 3 nitrogen and oxygen atoms in total. The van der Waals surface area contributed by atoms with Crippen molar-refractivity contribution in [2.75, 3.05) is 13.1 Å². The van der Waals surface area contributed by atoms with Gasteiger partial charge in [-0.3, -0.25) is 9.69 Å². The molecular weight excluding hydrogens is 301 g/mol. The number of carboxylic acid groups (broad SMARTS) is 1. The van der Waals surface area contributed by atoms with E-state index in [0.29, 0.717) is 31.5 Å². The highest BCUT2D eigenvalue weighted by atomic mass is 32.1. The van der Waals surface area contributed by atoms with Gasteiger partial charge in [0.05, 0.1) is 12.0 Å². The lowest BCUT2D eigenvalue weighted by molar-refractivity contribution is -0.143. The van der Waals surface area contributed by atoms with Gasteiger partial charge in [0, 0.05) is 5.56 Å². The quantitative estimate of drug-likeness (QED) is 0.932. The summed E-state index contributed by atoms with van der Waals surface area (Å²) in [7, 11) is 0. The Morgan fingerprint density at radius 2 is 2.00 bits per heavy atom. The van der Waals surface area contributed by atoms with E-state index < -0.39 is 5.97 Å². The molecule has 1 aromatic carbocycles. The first-order valence-electron chi connectivity index (χ1n) is 7.40. The zero-order valence-corrected chi connectivity index (χ0v) is 12.9. The highest BCUT2D eigenvalue weighted by molar-refractivity contribution is 7.08. The first-order valence-corrected chi connectivity index (χ1v) is 8.34. The molecule has 1 N–H and O–H groups in total. The molecule has 3 rings (SSSR count). The van der Waals surface area contributed by atoms with Gasteiger partial charge in [0.2, 0.25) is 0 Å². The van der Waals surface area contributed by atoms with Crippen molar-refractivity contribution in [3.05, 3.63) is 58.0 Å². The van der Waals surface area contributed by atoms with Crippen LogP contribution in [-0.2, 0) is 4.79 Å². The second kappa shape index (κ2) is 6.58. The average molecular weight is 319 g/mol. The number of aliphatic carboxylic acids is 1. The van der Waals surface area contributed by atoms with Gasteiger partial charge in [-0.1, -0.05) is 18.2 Å². The fourth-order valence-corrected chi connectivity index (χ4v) is 3.80. The molecule has 1 atom stereocenters. The van der Waals surface area contributed by atoms with E-state index in [2.05, 4.69) is 4.90 Å². The molecule has 0 spiro atoms. The molecular formula is C17H18FNO2S. The van der Waals surface area contributed by atoms with E-state index in [4.69, 9.17) is 5.11 Å². The first-order chi connectivity index (χ1) is 10.7. The van der Waals surface area contributed by atoms with Crippen LogP contribution in [0.1, 0.15) is 30.0 Å². The molecule has 1 saturated heterocycles. The average Bonchev–Trinajstić information content (AvgIpc) is 3.04. The highest BCUT2D eigenvalue weighted by Crippen LogP contribution is 2.34. The van der Waals surface area contributed by atoms with Crippen molar-refractivity contribution in [1.29, 1.82) is 0 Å². The molecule has 2 heterocycles. The molecule has 0 aliphatic carbocycles. The monoisotopic (exact) mass is 319 g/mol. The van der Waals surface area contributed by atoms with E-state index in [9.17, 15) is 9.18 Å². The molecule has 2 aromatic rings. The van der Waals surface area contributed by atoms with Gasteiger partial charge in [-0.15, -0.1) is 0 Å². The Morgan fingerprint density at radius 3 is 2.59 bits per heavy atom. The molecule has 0 saturated carbocycles. The lowest BCUT2D eigenvalue weighted by Gasteiger charge is -2.36. The van der Waals surface area contributed by atoms with Crippen LogP contribution in [0.5, 0.6) is 0 Å². The van der Waals surface area contributed by atoms with Gasteiger partial charge in [0.1, 0.15) is 5.82 Å². The maximum atomic E-state index is 14.3. The Kier molecular flexibility index (Phi) is 4.55. The number of carboxylic acids is 1. The standard InChI is InChI=1S/C17H18FNO2S/c18-15-4-2-1-3-14(15)16(13-7-10-22-11-13)19-8-5-12(6-9-19)17(20)21/h1-4,7,10-12,16H,5-6,8-9H2,(H,20,21). The summed E-state index contributed by atoms with van der Waals surface area (Å²) in [6.45, 7) is 1.34. The third-order valence-corrected chi connectivity index (χ3v) is 5.00. The minimum absolute atomic E-state index is 0.137. The van der Waals surface area contributed by atoms with Crippen molar-refractivity contribution in [1.82, 2.24) is 4.90 Å². The fourth-order valence-electron chi connectivity index (χ4n) is 3.12. The normalized spacial score (nSPS) is 18.2. The molecule has 1 aliphatic rings. The van der Waals surface area contributed by atoms with Crippen molar-refractivity contribution in [3.63, 3.8) is 0 Å². The minimum atomic E-state index is -0.724. The molecule has 1 aromatic heterocycles. The summed E-state index contributed by atoms with van der Waals surface area (Å²) in [4.78, 5) is 13.3. The van der Waals surface area contributed by atoms with E-state index in [1.165, 1.54) is 6.07 Å². The van der Waals surface area contributed by atoms with Crippen LogP contribution >= 0.6 is 11.3 Å². The van der Waals surface area contributed by atoms with Crippen LogP contribution < -0.4 is 0 Å². The van der Waals surface area contributed by atoms with Crippen LogP contribution in [0.3, 0.4) is 0 Å². The van der Waals surface area contributed by atoms with Gasteiger partial charge in [0.15, 0.2) is 0 Å². The number of likely N-dealkylation sites (tertiary alicyclic amines) is 1. The maximum absolute atomic E-state index is 14.3. The molecule has 1 unspecified atom stereocenters. The zero-order valence-electron chi connectivity index (χ0n) is 12.1. The van der Waals surface area contributed by atoms with E-state index >= 15 is 0 Å². The predicted molar refractivity (Wildman–Crippen MR) is 84.5 cm³/mol. The number of hydrogen-bond acceptors (Lipinski definition) is 3. The Morgan fingerprint density at radius 1 is 1.27 bits per heavy atom. The van der Waals surface area contributed by atoms with E-state index in [1.54, 1.807) is 17.4 Å². The van der Waals surface area contributed by atoms with Crippen LogP contribution in [-0.4, -0.2) is 29.1 Å². The third kappa shape index (κ3) is 3.05. The summed E-state index contributed by atoms with van der Waals surface area (Å²) in [5.41, 5.74) is 1.73. The summed E-state index contributed by atoms with van der Waals surface area (Å²) < 4.78 is 14.3. The van der Waals surface area contributed by atoms with Crippen molar-refractivity contribution in [2.45, 2.75) is 18.9 Å². The number of rotatable bonds is 4. The molecule has 0 amide bonds. The van der Waals surface area contributed by atoms with Gasteiger partial charge in [0.25, 0.3) is 0 Å². The molecule has 1 aliphatic heterocycles. The van der Waals surface area contributed by atoms with Crippen molar-refractivity contribution in [2.24, 2.45) is 5.92 Å². The molecule has 0 radical (unpaired) electrons. The van der Waals surface area contributed by atoms with E-state index in [1.807, 2.05) is 29.0 Å². The second-order valence-electron chi connectivity index (χ2n) is 5.63. The molecule has 1 fully saturated rings. The number of benzene rings is 1. The SMILES string of the molecule is O=C(O)C1CCN(C(c2ccsc2)c2ccccc2F)CC1. The van der Waals surface area contributed by atoms with Crippen LogP contribution in [0.15, 0.2) is 41.1 Å². The summed E-state index contributed by atoms with van der Waals surface area (Å²) in [6.07, 6.45) is 1.23. The molecule has 116 valence electrons. The van der Waals surface area contributed by atoms with E-state index in [0.717, 1.165) is 5.56 Å². The van der Waals surface area contributed by atoms with Crippen LogP contribution in [0, 0.1) is 11.7 Å². The molecule has 22 heavy (non-hydrogen) atoms. The van der Waals surface area contributed by atoms with Crippen molar-refractivity contribution < 1.29 is 14.3 Å². The van der Waals surface area contributed by atoms with Crippen molar-refractivity contribution in [3.8, 4) is 0 Å². The topological polar surface area (TPSA) is 40.5 Å². The van der Waals surface area contributed by atoms with Crippen LogP contribution in [0.4, 0.5) is 4.39 Å². The second-order valence-corrected chi connectivity index (χ2v) is 6.41. The van der Waals surface area contributed by atoms with Gasteiger partial charge in [-0.25, -0.2) is 4.39 Å². The van der Waals surface area contributed by atoms with Crippen molar-refractivity contribution >= 4 is 17.3 Å². The number of nitrogens with zero attached hydrogens (tertiary/aromatic N) is 1. The fraction of sp³-hybridized carbons (Fsp3) is 0.353. The Bertz CT molecular complexity index is 636. The minimum Gasteiger partial charge on any atom is -0.481 e. The summed E-state index contributed by atoms with van der Waals surface area (Å²) in [6, 6.07) is 8.73. The Labute approximate surface area is 133 Å². The van der Waals surface area contributed by atoms with Gasteiger partial charge in [-0.2, -0.15) is 11.3 Å². The lowest BCUT2D eigenvalue weighted by atomic mass is 9.92. The van der Waals surface area contributed by atoms with E-state index in [-0.39, 0.29) is 17.8 Å². The summed E-state index contributed by atoms with van der Waals surface area (Å²) >= 11 is 1.59. The zero-order chi connectivity index (χ0) is 15.5. The van der Waals surface area contributed by atoms with Gasteiger partial charge < -0.3 is 5.11 Å². The Hall–Kier alpha value is -1.72. The number of piperidine rings is 1. The first kappa shape index (κ1) is 15.2. The highest BCUT2D eigenvalue weighted by Gasteiger charge is 2.31. The number of thiophene rings is 1. The number of hydrogen-bond donors (Lipinski definition) is 1. The van der Waals surface area contributed by atoms with Crippen LogP contribution in [0.2, 0.25) is 0 Å². The van der Waals surface area contributed by atoms with Gasteiger partial charge in [-0.05, 0) is 54.4 Å².